The number of halogens is 3. The number of benzene rings is 2. The molecule has 2 aromatic carbocycles. The Hall–Kier alpha value is -3.35. The Morgan fingerprint density at radius 1 is 1.07 bits per heavy atom. The molecule has 1 amide bonds. The second-order valence-corrected chi connectivity index (χ2v) is 6.04. The van der Waals surface area contributed by atoms with Gasteiger partial charge in [0.25, 0.3) is 5.91 Å². The third-order valence-corrected chi connectivity index (χ3v) is 4.13. The van der Waals surface area contributed by atoms with Crippen LogP contribution in [-0.2, 0) is 12.7 Å². The summed E-state index contributed by atoms with van der Waals surface area (Å²) in [7, 11) is 1.58. The fraction of sp³-hybridized carbons (Fsp3) is 0.143. The van der Waals surface area contributed by atoms with Gasteiger partial charge in [-0.15, -0.1) is 0 Å². The van der Waals surface area contributed by atoms with E-state index in [0.717, 1.165) is 17.7 Å². The van der Waals surface area contributed by atoms with Crippen molar-refractivity contribution < 1.29 is 22.7 Å². The maximum absolute atomic E-state index is 12.6. The van der Waals surface area contributed by atoms with Gasteiger partial charge in [-0.25, -0.2) is 0 Å². The molecular weight excluding hydrogens is 369 g/mol. The molecule has 1 heterocycles. The number of aromatic nitrogens is 1. The molecule has 0 aliphatic heterocycles. The fourth-order valence-corrected chi connectivity index (χ4v) is 2.58. The van der Waals surface area contributed by atoms with Crippen LogP contribution in [0.3, 0.4) is 0 Å². The van der Waals surface area contributed by atoms with Crippen molar-refractivity contribution in [3.8, 4) is 17.0 Å². The lowest BCUT2D eigenvalue weighted by Gasteiger charge is -2.09. The molecule has 4 nitrogen and oxygen atoms in total. The van der Waals surface area contributed by atoms with Crippen molar-refractivity contribution in [3.63, 3.8) is 0 Å². The number of amides is 1. The molecule has 28 heavy (non-hydrogen) atoms. The maximum Gasteiger partial charge on any atom is 0.416 e. The van der Waals surface area contributed by atoms with Crippen molar-refractivity contribution >= 4 is 5.91 Å². The van der Waals surface area contributed by atoms with Gasteiger partial charge in [0.05, 0.1) is 23.9 Å². The van der Waals surface area contributed by atoms with Crippen LogP contribution in [0.2, 0.25) is 0 Å². The lowest BCUT2D eigenvalue weighted by Crippen LogP contribution is -2.23. The first kappa shape index (κ1) is 19.4. The summed E-state index contributed by atoms with van der Waals surface area (Å²) in [6, 6.07) is 15.4. The van der Waals surface area contributed by atoms with E-state index < -0.39 is 11.7 Å². The van der Waals surface area contributed by atoms with E-state index in [0.29, 0.717) is 22.6 Å². The minimum Gasteiger partial charge on any atom is -0.497 e. The van der Waals surface area contributed by atoms with Gasteiger partial charge in [-0.2, -0.15) is 13.2 Å². The molecule has 0 saturated carbocycles. The first-order valence-corrected chi connectivity index (χ1v) is 8.41. The molecule has 0 radical (unpaired) electrons. The van der Waals surface area contributed by atoms with Gasteiger partial charge in [0.1, 0.15) is 5.75 Å². The number of carbonyl (C=O) groups excluding carboxylic acids is 1. The SMILES string of the molecule is COc1cccc(-c2ccc(C(=O)NCc3ccc(C(F)(F)F)cc3)cn2)c1. The van der Waals surface area contributed by atoms with Crippen molar-refractivity contribution in [2.24, 2.45) is 0 Å². The number of hydrogen-bond acceptors (Lipinski definition) is 3. The van der Waals surface area contributed by atoms with Crippen LogP contribution in [-0.4, -0.2) is 18.0 Å². The Labute approximate surface area is 160 Å². The van der Waals surface area contributed by atoms with Crippen LogP contribution in [0.4, 0.5) is 13.2 Å². The van der Waals surface area contributed by atoms with Crippen LogP contribution in [0, 0.1) is 0 Å². The minimum absolute atomic E-state index is 0.120. The lowest BCUT2D eigenvalue weighted by atomic mass is 10.1. The summed E-state index contributed by atoms with van der Waals surface area (Å²) < 4.78 is 42.9. The topological polar surface area (TPSA) is 51.2 Å². The van der Waals surface area contributed by atoms with E-state index in [9.17, 15) is 18.0 Å². The molecule has 0 spiro atoms. The molecule has 0 unspecified atom stereocenters. The predicted molar refractivity (Wildman–Crippen MR) is 98.8 cm³/mol. The Balaban J connectivity index is 1.63. The molecule has 3 rings (SSSR count). The second-order valence-electron chi connectivity index (χ2n) is 6.04. The maximum atomic E-state index is 12.6. The Bertz CT molecular complexity index is 953. The Morgan fingerprint density at radius 3 is 2.43 bits per heavy atom. The Morgan fingerprint density at radius 2 is 1.82 bits per heavy atom. The van der Waals surface area contributed by atoms with Crippen molar-refractivity contribution in [3.05, 3.63) is 83.6 Å². The van der Waals surface area contributed by atoms with Crippen LogP contribution in [0.1, 0.15) is 21.5 Å². The van der Waals surface area contributed by atoms with E-state index in [1.54, 1.807) is 19.2 Å². The summed E-state index contributed by atoms with van der Waals surface area (Å²) >= 11 is 0. The summed E-state index contributed by atoms with van der Waals surface area (Å²) in [4.78, 5) is 16.5. The molecule has 0 aliphatic carbocycles. The first-order valence-electron chi connectivity index (χ1n) is 8.41. The molecule has 1 aromatic heterocycles. The van der Waals surface area contributed by atoms with Gasteiger partial charge in [0.2, 0.25) is 0 Å². The molecule has 3 aromatic rings. The Kier molecular flexibility index (Phi) is 5.63. The molecular formula is C21H17F3N2O2. The summed E-state index contributed by atoms with van der Waals surface area (Å²) in [5.41, 5.74) is 1.76. The van der Waals surface area contributed by atoms with Crippen molar-refractivity contribution in [1.29, 1.82) is 0 Å². The highest BCUT2D eigenvalue weighted by Gasteiger charge is 2.29. The van der Waals surface area contributed by atoms with Gasteiger partial charge in [-0.1, -0.05) is 24.3 Å². The van der Waals surface area contributed by atoms with E-state index in [2.05, 4.69) is 10.3 Å². The summed E-state index contributed by atoms with van der Waals surface area (Å²) in [5, 5.41) is 2.67. The molecule has 0 aliphatic rings. The average Bonchev–Trinajstić information content (AvgIpc) is 2.72. The number of pyridine rings is 1. The van der Waals surface area contributed by atoms with Gasteiger partial charge in [-0.05, 0) is 42.0 Å². The molecule has 144 valence electrons. The zero-order chi connectivity index (χ0) is 20.1. The smallest absolute Gasteiger partial charge is 0.416 e. The normalized spacial score (nSPS) is 11.1. The van der Waals surface area contributed by atoms with E-state index in [4.69, 9.17) is 4.74 Å². The summed E-state index contributed by atoms with van der Waals surface area (Å²) in [5.74, 6) is 0.349. The molecule has 0 bridgehead atoms. The number of nitrogens with one attached hydrogen (secondary N) is 1. The van der Waals surface area contributed by atoms with Crippen LogP contribution >= 0.6 is 0 Å². The van der Waals surface area contributed by atoms with E-state index in [1.165, 1.54) is 18.3 Å². The van der Waals surface area contributed by atoms with Crippen molar-refractivity contribution in [1.82, 2.24) is 10.3 Å². The molecule has 0 saturated heterocycles. The number of ether oxygens (including phenoxy) is 1. The van der Waals surface area contributed by atoms with Gasteiger partial charge in [0.15, 0.2) is 0 Å². The highest BCUT2D eigenvalue weighted by atomic mass is 19.4. The van der Waals surface area contributed by atoms with Crippen LogP contribution in [0.15, 0.2) is 66.9 Å². The highest BCUT2D eigenvalue weighted by Crippen LogP contribution is 2.29. The minimum atomic E-state index is -4.38. The van der Waals surface area contributed by atoms with Crippen LogP contribution in [0.5, 0.6) is 5.75 Å². The number of methoxy groups -OCH3 is 1. The predicted octanol–water partition coefficient (Wildman–Crippen LogP) is 4.71. The fourth-order valence-electron chi connectivity index (χ4n) is 2.58. The van der Waals surface area contributed by atoms with Crippen molar-refractivity contribution in [2.45, 2.75) is 12.7 Å². The third-order valence-electron chi connectivity index (χ3n) is 4.13. The highest BCUT2D eigenvalue weighted by molar-refractivity contribution is 5.94. The van der Waals surface area contributed by atoms with Gasteiger partial charge in [0, 0.05) is 18.3 Å². The number of hydrogen-bond donors (Lipinski definition) is 1. The monoisotopic (exact) mass is 386 g/mol. The number of rotatable bonds is 5. The number of carbonyl (C=O) groups is 1. The van der Waals surface area contributed by atoms with E-state index >= 15 is 0 Å². The van der Waals surface area contributed by atoms with Crippen molar-refractivity contribution in [2.75, 3.05) is 7.11 Å². The van der Waals surface area contributed by atoms with Crippen LogP contribution in [0.25, 0.3) is 11.3 Å². The largest absolute Gasteiger partial charge is 0.497 e. The van der Waals surface area contributed by atoms with E-state index in [-0.39, 0.29) is 12.5 Å². The second kappa shape index (κ2) is 8.12. The first-order chi connectivity index (χ1) is 13.4. The van der Waals surface area contributed by atoms with Gasteiger partial charge in [-0.3, -0.25) is 9.78 Å². The lowest BCUT2D eigenvalue weighted by molar-refractivity contribution is -0.137. The zero-order valence-electron chi connectivity index (χ0n) is 15.0. The van der Waals surface area contributed by atoms with Gasteiger partial charge >= 0.3 is 6.18 Å². The number of alkyl halides is 3. The van der Waals surface area contributed by atoms with E-state index in [1.807, 2.05) is 24.3 Å². The quantitative estimate of drug-likeness (QED) is 0.691. The molecule has 0 fully saturated rings. The number of nitrogens with zero attached hydrogens (tertiary/aromatic N) is 1. The van der Waals surface area contributed by atoms with Gasteiger partial charge < -0.3 is 10.1 Å². The van der Waals surface area contributed by atoms with Crippen LogP contribution < -0.4 is 10.1 Å². The summed E-state index contributed by atoms with van der Waals surface area (Å²) in [6.07, 6.45) is -2.92. The average molecular weight is 386 g/mol. The molecule has 1 N–H and O–H groups in total. The molecule has 0 atom stereocenters. The zero-order valence-corrected chi connectivity index (χ0v) is 15.0. The molecule has 7 heteroatoms. The standard InChI is InChI=1S/C21H17F3N2O2/c1-28-18-4-2-3-15(11-18)19-10-7-16(13-25-19)20(27)26-12-14-5-8-17(9-6-14)21(22,23)24/h2-11,13H,12H2,1H3,(H,26,27). The summed E-state index contributed by atoms with van der Waals surface area (Å²) in [6.45, 7) is 0.120. The third kappa shape index (κ3) is 4.68.